The van der Waals surface area contributed by atoms with Gasteiger partial charge in [-0.15, -0.1) is 0 Å². The van der Waals surface area contributed by atoms with E-state index in [1.54, 1.807) is 14.7 Å². The molecule has 2 aliphatic carbocycles. The average molecular weight is 435 g/mol. The third-order valence-corrected chi connectivity index (χ3v) is 9.99. The first kappa shape index (κ1) is 19.3. The van der Waals surface area contributed by atoms with Crippen molar-refractivity contribution < 1.29 is 17.7 Å². The van der Waals surface area contributed by atoms with E-state index in [9.17, 15) is 13.2 Å². The van der Waals surface area contributed by atoms with Crippen molar-refractivity contribution in [2.24, 2.45) is 11.8 Å². The number of fused-ring (bicyclic) bond motifs is 4. The smallest absolute Gasteiger partial charge is 0.282 e. The van der Waals surface area contributed by atoms with Crippen LogP contribution in [-0.2, 0) is 10.2 Å². The topological polar surface area (TPSA) is 95.8 Å². The van der Waals surface area contributed by atoms with Gasteiger partial charge in [0.05, 0.1) is 0 Å². The summed E-state index contributed by atoms with van der Waals surface area (Å²) in [6, 6.07) is 1.71. The number of hydrogen-bond donors (Lipinski definition) is 1. The van der Waals surface area contributed by atoms with Crippen LogP contribution in [0.1, 0.15) is 80.0 Å². The minimum absolute atomic E-state index is 0.0138. The zero-order valence-corrected chi connectivity index (χ0v) is 18.0. The Morgan fingerprint density at radius 1 is 1.00 bits per heavy atom. The highest BCUT2D eigenvalue weighted by atomic mass is 32.2. The van der Waals surface area contributed by atoms with Crippen LogP contribution in [-0.4, -0.2) is 59.3 Å². The lowest BCUT2D eigenvalue weighted by atomic mass is 9.99. The van der Waals surface area contributed by atoms with Gasteiger partial charge in [0.2, 0.25) is 0 Å². The van der Waals surface area contributed by atoms with Crippen LogP contribution in [0.2, 0.25) is 0 Å². The SMILES string of the molecule is O=C(NC1C[C@H]2CC[C@@H](C1)N2S(=O)(=O)N1C[C@@H]2CC[C@@H](C2)C1)c1cc(C2CC2)on1. The molecule has 1 unspecified atom stereocenters. The molecular formula is C21H30N4O4S. The normalized spacial score (nSPS) is 36.9. The van der Waals surface area contributed by atoms with Gasteiger partial charge in [0.15, 0.2) is 5.69 Å². The van der Waals surface area contributed by atoms with E-state index in [4.69, 9.17) is 4.52 Å². The molecule has 9 heteroatoms. The Morgan fingerprint density at radius 2 is 1.67 bits per heavy atom. The summed E-state index contributed by atoms with van der Waals surface area (Å²) in [6.07, 6.45) is 8.85. The number of hydrogen-bond acceptors (Lipinski definition) is 5. The standard InChI is InChI=1S/C21H30N4O4S/c26-21(19-10-20(29-23-19)15-3-4-15)22-16-8-17-5-6-18(9-16)25(17)30(27,28)24-11-13-1-2-14(7-13)12-24/h10,13-18H,1-9,11-12H2,(H,22,26)/t13-,14+,16?,17-,18+. The molecule has 3 saturated heterocycles. The van der Waals surface area contributed by atoms with Crippen molar-refractivity contribution in [1.29, 1.82) is 0 Å². The van der Waals surface area contributed by atoms with Crippen LogP contribution in [0.5, 0.6) is 0 Å². The highest BCUT2D eigenvalue weighted by Crippen LogP contribution is 2.43. The molecule has 5 atom stereocenters. The van der Waals surface area contributed by atoms with Crippen molar-refractivity contribution in [2.75, 3.05) is 13.1 Å². The number of nitrogens with one attached hydrogen (secondary N) is 1. The zero-order valence-electron chi connectivity index (χ0n) is 17.2. The molecule has 0 radical (unpaired) electrons. The fourth-order valence-electron chi connectivity index (χ4n) is 6.33. The molecule has 1 N–H and O–H groups in total. The second kappa shape index (κ2) is 7.03. The monoisotopic (exact) mass is 434 g/mol. The van der Waals surface area contributed by atoms with Crippen molar-refractivity contribution in [1.82, 2.24) is 19.1 Å². The Kier molecular flexibility index (Phi) is 4.51. The molecule has 8 nitrogen and oxygen atoms in total. The van der Waals surface area contributed by atoms with Crippen molar-refractivity contribution in [3.8, 4) is 0 Å². The third kappa shape index (κ3) is 3.29. The first-order chi connectivity index (χ1) is 14.5. The van der Waals surface area contributed by atoms with Crippen LogP contribution >= 0.6 is 0 Å². The van der Waals surface area contributed by atoms with Gasteiger partial charge in [0.1, 0.15) is 5.76 Å². The second-order valence-corrected chi connectivity index (χ2v) is 11.9. The highest BCUT2D eigenvalue weighted by Gasteiger charge is 2.50. The zero-order chi connectivity index (χ0) is 20.5. The first-order valence-electron chi connectivity index (χ1n) is 11.5. The maximum Gasteiger partial charge on any atom is 0.282 e. The molecule has 3 aliphatic heterocycles. The van der Waals surface area contributed by atoms with Crippen molar-refractivity contribution in [2.45, 2.75) is 81.8 Å². The van der Waals surface area contributed by atoms with Gasteiger partial charge >= 0.3 is 0 Å². The molecular weight excluding hydrogens is 404 g/mol. The summed E-state index contributed by atoms with van der Waals surface area (Å²) in [7, 11) is -3.42. The highest BCUT2D eigenvalue weighted by molar-refractivity contribution is 7.86. The van der Waals surface area contributed by atoms with Crippen LogP contribution < -0.4 is 5.32 Å². The van der Waals surface area contributed by atoms with Crippen LogP contribution in [0.4, 0.5) is 0 Å². The summed E-state index contributed by atoms with van der Waals surface area (Å²) >= 11 is 0. The van der Waals surface area contributed by atoms with Gasteiger partial charge in [-0.25, -0.2) is 0 Å². The molecule has 4 bridgehead atoms. The van der Waals surface area contributed by atoms with Gasteiger partial charge in [-0.1, -0.05) is 5.16 Å². The molecule has 0 spiro atoms. The quantitative estimate of drug-likeness (QED) is 0.767. The first-order valence-corrected chi connectivity index (χ1v) is 12.9. The van der Waals surface area contributed by atoms with Gasteiger partial charge in [-0.05, 0) is 69.6 Å². The molecule has 1 aromatic rings. The number of carbonyl (C=O) groups excluding carboxylic acids is 1. The van der Waals surface area contributed by atoms with Crippen molar-refractivity contribution >= 4 is 16.1 Å². The predicted octanol–water partition coefficient (Wildman–Crippen LogP) is 2.25. The maximum atomic E-state index is 13.5. The van der Waals surface area contributed by atoms with Gasteiger partial charge in [0.25, 0.3) is 16.1 Å². The summed E-state index contributed by atoms with van der Waals surface area (Å²) in [5.74, 6) is 2.09. The van der Waals surface area contributed by atoms with Gasteiger partial charge in [-0.2, -0.15) is 17.0 Å². The Balaban J connectivity index is 1.12. The van der Waals surface area contributed by atoms with E-state index in [1.165, 1.54) is 19.3 Å². The van der Waals surface area contributed by atoms with Gasteiger partial charge in [0, 0.05) is 43.2 Å². The van der Waals surface area contributed by atoms with E-state index < -0.39 is 10.2 Å². The fourth-order valence-corrected chi connectivity index (χ4v) is 8.53. The molecule has 164 valence electrons. The lowest BCUT2D eigenvalue weighted by molar-refractivity contribution is 0.0897. The molecule has 30 heavy (non-hydrogen) atoms. The van der Waals surface area contributed by atoms with Crippen LogP contribution in [0, 0.1) is 11.8 Å². The van der Waals surface area contributed by atoms with E-state index in [2.05, 4.69) is 10.5 Å². The minimum Gasteiger partial charge on any atom is -0.360 e. The van der Waals surface area contributed by atoms with Crippen molar-refractivity contribution in [3.05, 3.63) is 17.5 Å². The van der Waals surface area contributed by atoms with E-state index >= 15 is 0 Å². The lowest BCUT2D eigenvalue weighted by Gasteiger charge is -2.42. The maximum absolute atomic E-state index is 13.5. The van der Waals surface area contributed by atoms with E-state index in [-0.39, 0.29) is 24.0 Å². The molecule has 1 aromatic heterocycles. The van der Waals surface area contributed by atoms with Crippen molar-refractivity contribution in [3.63, 3.8) is 0 Å². The number of nitrogens with zero attached hydrogens (tertiary/aromatic N) is 3. The summed E-state index contributed by atoms with van der Waals surface area (Å²) in [6.45, 7) is 1.37. The number of aromatic nitrogens is 1. The second-order valence-electron chi connectivity index (χ2n) is 10.1. The van der Waals surface area contributed by atoms with Crippen LogP contribution in [0.25, 0.3) is 0 Å². The molecule has 6 rings (SSSR count). The minimum atomic E-state index is -3.42. The van der Waals surface area contributed by atoms with Gasteiger partial charge < -0.3 is 9.84 Å². The van der Waals surface area contributed by atoms with Crippen LogP contribution in [0.15, 0.2) is 10.6 Å². The number of carbonyl (C=O) groups is 1. The third-order valence-electron chi connectivity index (χ3n) is 7.91. The number of amides is 1. The van der Waals surface area contributed by atoms with E-state index in [0.29, 0.717) is 49.4 Å². The number of rotatable bonds is 5. The van der Waals surface area contributed by atoms with Gasteiger partial charge in [-0.3, -0.25) is 4.79 Å². The number of piperidine rings is 2. The molecule has 5 aliphatic rings. The lowest BCUT2D eigenvalue weighted by Crippen LogP contribution is -2.57. The Morgan fingerprint density at radius 3 is 2.30 bits per heavy atom. The Labute approximate surface area is 177 Å². The molecule has 2 saturated carbocycles. The van der Waals surface area contributed by atoms with E-state index in [0.717, 1.165) is 31.4 Å². The summed E-state index contributed by atoms with van der Waals surface area (Å²) in [5, 5.41) is 7.02. The molecule has 1 amide bonds. The Hall–Kier alpha value is -1.45. The van der Waals surface area contributed by atoms with Crippen LogP contribution in [0.3, 0.4) is 0 Å². The molecule has 0 aromatic carbocycles. The summed E-state index contributed by atoms with van der Waals surface area (Å²) in [4.78, 5) is 12.6. The Bertz CT molecular complexity index is 917. The predicted molar refractivity (Wildman–Crippen MR) is 109 cm³/mol. The van der Waals surface area contributed by atoms with E-state index in [1.807, 2.05) is 0 Å². The molecule has 5 fully saturated rings. The average Bonchev–Trinajstić information content (AvgIpc) is 3.25. The summed E-state index contributed by atoms with van der Waals surface area (Å²) < 4.78 is 35.8. The summed E-state index contributed by atoms with van der Waals surface area (Å²) in [5.41, 5.74) is 0.336. The fraction of sp³-hybridized carbons (Fsp3) is 0.810. The molecule has 4 heterocycles. The largest absolute Gasteiger partial charge is 0.360 e.